The monoisotopic (exact) mass is 297 g/mol. The van der Waals surface area contributed by atoms with Gasteiger partial charge >= 0.3 is 0 Å². The Morgan fingerprint density at radius 2 is 1.57 bits per heavy atom. The van der Waals surface area contributed by atoms with Crippen LogP contribution >= 0.6 is 11.9 Å². The van der Waals surface area contributed by atoms with E-state index < -0.39 is 0 Å². The molecule has 2 atom stereocenters. The first-order valence-electron chi connectivity index (χ1n) is 7.30. The molecule has 0 spiro atoms. The van der Waals surface area contributed by atoms with E-state index in [0.29, 0.717) is 0 Å². The van der Waals surface area contributed by atoms with E-state index in [1.54, 1.807) is 11.9 Å². The van der Waals surface area contributed by atoms with Crippen molar-refractivity contribution in [3.05, 3.63) is 71.8 Å². The lowest BCUT2D eigenvalue weighted by Gasteiger charge is -2.25. The van der Waals surface area contributed by atoms with Crippen LogP contribution in [0.4, 0.5) is 0 Å². The molecule has 0 radical (unpaired) electrons. The average molecular weight is 297 g/mol. The molecule has 2 unspecified atom stereocenters. The minimum Gasteiger partial charge on any atom is -0.471 e. The Bertz CT molecular complexity index is 597. The molecule has 1 aliphatic rings. The van der Waals surface area contributed by atoms with Gasteiger partial charge in [0.2, 0.25) is 0 Å². The largest absolute Gasteiger partial charge is 0.471 e. The van der Waals surface area contributed by atoms with Crippen LogP contribution in [0, 0.1) is 0 Å². The first-order chi connectivity index (χ1) is 10.3. The zero-order valence-corrected chi connectivity index (χ0v) is 12.9. The number of hydrogen-bond acceptors (Lipinski definition) is 3. The van der Waals surface area contributed by atoms with Crippen LogP contribution in [0.25, 0.3) is 0 Å². The Balaban J connectivity index is 1.88. The Kier molecular flexibility index (Phi) is 4.61. The lowest BCUT2D eigenvalue weighted by atomic mass is 9.90. The van der Waals surface area contributed by atoms with E-state index in [-0.39, 0.29) is 12.0 Å². The number of rotatable bonds is 4. The first kappa shape index (κ1) is 14.2. The van der Waals surface area contributed by atoms with E-state index in [9.17, 15) is 0 Å². The van der Waals surface area contributed by atoms with Crippen molar-refractivity contribution in [1.29, 1.82) is 0 Å². The van der Waals surface area contributed by atoms with E-state index in [0.717, 1.165) is 18.1 Å². The van der Waals surface area contributed by atoms with Gasteiger partial charge in [0.15, 0.2) is 5.90 Å². The molecular weight excluding hydrogens is 278 g/mol. The van der Waals surface area contributed by atoms with Crippen molar-refractivity contribution in [1.82, 2.24) is 0 Å². The van der Waals surface area contributed by atoms with Gasteiger partial charge in [-0.3, -0.25) is 0 Å². The van der Waals surface area contributed by atoms with Crippen molar-refractivity contribution in [2.75, 3.05) is 5.75 Å². The van der Waals surface area contributed by atoms with Crippen LogP contribution in [0.5, 0.6) is 0 Å². The molecule has 2 aromatic carbocycles. The van der Waals surface area contributed by atoms with Crippen LogP contribution in [-0.4, -0.2) is 11.7 Å². The second-order valence-electron chi connectivity index (χ2n) is 5.22. The van der Waals surface area contributed by atoms with Gasteiger partial charge in [-0.1, -0.05) is 67.6 Å². The summed E-state index contributed by atoms with van der Waals surface area (Å²) in [5, 5.41) is 0. The zero-order valence-electron chi connectivity index (χ0n) is 12.1. The van der Waals surface area contributed by atoms with Crippen molar-refractivity contribution in [3.63, 3.8) is 0 Å². The molecule has 0 aliphatic carbocycles. The lowest BCUT2D eigenvalue weighted by Crippen LogP contribution is -2.16. The molecule has 3 rings (SSSR count). The van der Waals surface area contributed by atoms with Crippen LogP contribution in [0.2, 0.25) is 0 Å². The quantitative estimate of drug-likeness (QED) is 0.741. The third kappa shape index (κ3) is 3.48. The highest BCUT2D eigenvalue weighted by Crippen LogP contribution is 2.35. The Morgan fingerprint density at radius 1 is 0.952 bits per heavy atom. The van der Waals surface area contributed by atoms with Crippen LogP contribution < -0.4 is 0 Å². The van der Waals surface area contributed by atoms with Crippen molar-refractivity contribution in [2.45, 2.75) is 25.4 Å². The molecular formula is C18H19NOS. The van der Waals surface area contributed by atoms with Crippen LogP contribution in [0.1, 0.15) is 36.5 Å². The molecule has 0 bridgehead atoms. The van der Waals surface area contributed by atoms with Gasteiger partial charge in [-0.05, 0) is 23.1 Å². The Labute approximate surface area is 130 Å². The van der Waals surface area contributed by atoms with Crippen LogP contribution in [-0.2, 0) is 4.74 Å². The number of hydrogen-bond donors (Lipinski definition) is 0. The first-order valence-corrected chi connectivity index (χ1v) is 8.24. The molecule has 108 valence electrons. The number of ether oxygens (including phenoxy) is 1. The second kappa shape index (κ2) is 6.81. The normalized spacial score (nSPS) is 17.1. The molecule has 21 heavy (non-hydrogen) atoms. The summed E-state index contributed by atoms with van der Waals surface area (Å²) >= 11 is 1.59. The number of benzene rings is 2. The fraction of sp³-hybridized carbons (Fsp3) is 0.278. The van der Waals surface area contributed by atoms with Crippen molar-refractivity contribution in [3.8, 4) is 0 Å². The highest BCUT2D eigenvalue weighted by Gasteiger charge is 2.25. The van der Waals surface area contributed by atoms with Gasteiger partial charge in [0, 0.05) is 18.1 Å². The second-order valence-corrected chi connectivity index (χ2v) is 6.07. The maximum Gasteiger partial charge on any atom is 0.196 e. The van der Waals surface area contributed by atoms with Gasteiger partial charge in [-0.15, -0.1) is 0 Å². The fourth-order valence-corrected chi connectivity index (χ4v) is 3.19. The summed E-state index contributed by atoms with van der Waals surface area (Å²) in [6.07, 6.45) is 0.932. The molecule has 0 amide bonds. The molecule has 0 saturated heterocycles. The summed E-state index contributed by atoms with van der Waals surface area (Å²) in [5.41, 5.74) is 2.49. The van der Waals surface area contributed by atoms with Gasteiger partial charge in [0.25, 0.3) is 0 Å². The van der Waals surface area contributed by atoms with E-state index in [4.69, 9.17) is 4.74 Å². The third-order valence-electron chi connectivity index (χ3n) is 3.74. The van der Waals surface area contributed by atoms with E-state index in [1.807, 2.05) is 12.1 Å². The SMILES string of the molecule is CC(c1ccccc1)C(OC1=NSCC1)c1ccccc1. The third-order valence-corrected chi connectivity index (χ3v) is 4.46. The minimum absolute atomic E-state index is 0.00560. The van der Waals surface area contributed by atoms with Gasteiger partial charge in [0.05, 0.1) is 0 Å². The summed E-state index contributed by atoms with van der Waals surface area (Å²) in [6.45, 7) is 2.22. The minimum atomic E-state index is 0.00560. The highest BCUT2D eigenvalue weighted by molar-refractivity contribution is 7.98. The predicted octanol–water partition coefficient (Wildman–Crippen LogP) is 5.00. The molecule has 0 N–H and O–H groups in total. The molecule has 3 heteroatoms. The summed E-state index contributed by atoms with van der Waals surface area (Å²) in [5.74, 6) is 2.18. The van der Waals surface area contributed by atoms with Gasteiger partial charge in [-0.25, -0.2) is 0 Å². The van der Waals surface area contributed by atoms with Crippen molar-refractivity contribution >= 4 is 17.8 Å². The van der Waals surface area contributed by atoms with Gasteiger partial charge < -0.3 is 4.74 Å². The van der Waals surface area contributed by atoms with Gasteiger partial charge in [0.1, 0.15) is 6.10 Å². The zero-order chi connectivity index (χ0) is 14.5. The van der Waals surface area contributed by atoms with E-state index in [2.05, 4.69) is 59.9 Å². The summed E-state index contributed by atoms with van der Waals surface area (Å²) in [6, 6.07) is 21.0. The lowest BCUT2D eigenvalue weighted by molar-refractivity contribution is 0.162. The summed E-state index contributed by atoms with van der Waals surface area (Å²) in [7, 11) is 0. The molecule has 0 saturated carbocycles. The van der Waals surface area contributed by atoms with Gasteiger partial charge in [-0.2, -0.15) is 4.40 Å². The molecule has 1 aliphatic heterocycles. The summed E-state index contributed by atoms with van der Waals surface area (Å²) in [4.78, 5) is 0. The highest BCUT2D eigenvalue weighted by atomic mass is 32.2. The summed E-state index contributed by atoms with van der Waals surface area (Å²) < 4.78 is 10.6. The van der Waals surface area contributed by atoms with Crippen LogP contribution in [0.3, 0.4) is 0 Å². The molecule has 0 aromatic heterocycles. The molecule has 1 heterocycles. The number of nitrogens with zero attached hydrogens (tertiary/aromatic N) is 1. The average Bonchev–Trinajstić information content (AvgIpc) is 3.07. The molecule has 2 nitrogen and oxygen atoms in total. The van der Waals surface area contributed by atoms with Crippen molar-refractivity contribution in [2.24, 2.45) is 4.40 Å². The molecule has 2 aromatic rings. The smallest absolute Gasteiger partial charge is 0.196 e. The standard InChI is InChI=1S/C18H19NOS/c1-14(15-8-4-2-5-9-15)18(16-10-6-3-7-11-16)20-17-12-13-21-19-17/h2-11,14,18H,12-13H2,1H3. The van der Waals surface area contributed by atoms with Crippen molar-refractivity contribution < 1.29 is 4.74 Å². The van der Waals surface area contributed by atoms with E-state index in [1.165, 1.54) is 11.1 Å². The Morgan fingerprint density at radius 3 is 2.14 bits per heavy atom. The molecule has 0 fully saturated rings. The Hall–Kier alpha value is -1.74. The predicted molar refractivity (Wildman–Crippen MR) is 89.6 cm³/mol. The maximum atomic E-state index is 6.24. The topological polar surface area (TPSA) is 21.6 Å². The maximum absolute atomic E-state index is 6.24. The van der Waals surface area contributed by atoms with E-state index >= 15 is 0 Å². The fourth-order valence-electron chi connectivity index (χ4n) is 2.56. The van der Waals surface area contributed by atoms with Crippen LogP contribution in [0.15, 0.2) is 65.1 Å².